The van der Waals surface area contributed by atoms with E-state index in [1.54, 1.807) is 16.2 Å². The molecule has 1 aromatic heterocycles. The second-order valence-electron chi connectivity index (χ2n) is 7.20. The van der Waals surface area contributed by atoms with Crippen molar-refractivity contribution < 1.29 is 9.59 Å². The zero-order chi connectivity index (χ0) is 19.0. The Hall–Kier alpha value is -2.18. The first-order valence-electron chi connectivity index (χ1n) is 9.52. The maximum atomic E-state index is 13.6. The molecule has 0 aliphatic carbocycles. The Balaban J connectivity index is 1.73. The molecule has 2 amide bonds. The summed E-state index contributed by atoms with van der Waals surface area (Å²) in [6.07, 6.45) is 0. The number of hydrogen-bond donors (Lipinski definition) is 0. The van der Waals surface area contributed by atoms with Crippen LogP contribution in [-0.4, -0.2) is 66.3 Å². The van der Waals surface area contributed by atoms with Crippen LogP contribution >= 0.6 is 11.3 Å². The van der Waals surface area contributed by atoms with Crippen molar-refractivity contribution in [2.75, 3.05) is 39.8 Å². The lowest BCUT2D eigenvalue weighted by molar-refractivity contribution is -0.136. The molecular weight excluding hydrogens is 358 g/mol. The first kappa shape index (κ1) is 18.2. The highest BCUT2D eigenvalue weighted by atomic mass is 32.1. The summed E-state index contributed by atoms with van der Waals surface area (Å²) < 4.78 is 0. The third-order valence-corrected chi connectivity index (χ3v) is 6.75. The molecule has 2 aliphatic heterocycles. The fourth-order valence-electron chi connectivity index (χ4n) is 4.24. The molecule has 2 atom stereocenters. The Kier molecular flexibility index (Phi) is 5.02. The molecule has 6 heteroatoms. The molecule has 1 saturated heterocycles. The summed E-state index contributed by atoms with van der Waals surface area (Å²) in [7, 11) is 1.82. The van der Waals surface area contributed by atoms with E-state index in [0.29, 0.717) is 5.56 Å². The fraction of sp³-hybridized carbons (Fsp3) is 0.429. The van der Waals surface area contributed by atoms with Crippen molar-refractivity contribution in [3.05, 3.63) is 57.8 Å². The minimum Gasteiger partial charge on any atom is -0.340 e. The molecule has 0 radical (unpaired) electrons. The molecule has 0 N–H and O–H groups in total. The lowest BCUT2D eigenvalue weighted by Crippen LogP contribution is -2.52. The van der Waals surface area contributed by atoms with Gasteiger partial charge in [0.1, 0.15) is 0 Å². The molecule has 2 aromatic rings. The van der Waals surface area contributed by atoms with Crippen LogP contribution < -0.4 is 0 Å². The third kappa shape index (κ3) is 3.17. The van der Waals surface area contributed by atoms with Crippen LogP contribution in [0.3, 0.4) is 0 Å². The number of thiophene rings is 1. The summed E-state index contributed by atoms with van der Waals surface area (Å²) in [6, 6.07) is 11.4. The largest absolute Gasteiger partial charge is 0.340 e. The number of piperazine rings is 1. The van der Waals surface area contributed by atoms with Crippen molar-refractivity contribution in [1.29, 1.82) is 0 Å². The van der Waals surface area contributed by atoms with Gasteiger partial charge in [0.2, 0.25) is 5.91 Å². The first-order valence-corrected chi connectivity index (χ1v) is 10.4. The second kappa shape index (κ2) is 7.44. The van der Waals surface area contributed by atoms with Crippen LogP contribution in [0, 0.1) is 0 Å². The van der Waals surface area contributed by atoms with Crippen LogP contribution in [0.25, 0.3) is 0 Å². The van der Waals surface area contributed by atoms with Gasteiger partial charge in [-0.15, -0.1) is 11.3 Å². The normalized spacial score (nSPS) is 23.4. The van der Waals surface area contributed by atoms with Gasteiger partial charge >= 0.3 is 0 Å². The predicted octanol–water partition coefficient (Wildman–Crippen LogP) is 2.82. The van der Waals surface area contributed by atoms with Crippen molar-refractivity contribution in [3.8, 4) is 0 Å². The maximum absolute atomic E-state index is 13.6. The molecule has 0 saturated carbocycles. The summed E-state index contributed by atoms with van der Waals surface area (Å²) in [5, 5.41) is 2.01. The predicted molar refractivity (Wildman–Crippen MR) is 107 cm³/mol. The summed E-state index contributed by atoms with van der Waals surface area (Å²) >= 11 is 1.61. The lowest BCUT2D eigenvalue weighted by atomic mass is 9.81. The molecule has 3 heterocycles. The van der Waals surface area contributed by atoms with E-state index in [1.807, 2.05) is 53.7 Å². The van der Waals surface area contributed by atoms with Gasteiger partial charge in [-0.25, -0.2) is 0 Å². The van der Waals surface area contributed by atoms with Gasteiger partial charge < -0.3 is 14.7 Å². The molecular formula is C21H25N3O2S. The number of nitrogens with zero attached hydrogens (tertiary/aromatic N) is 3. The molecule has 27 heavy (non-hydrogen) atoms. The van der Waals surface area contributed by atoms with Crippen molar-refractivity contribution in [2.45, 2.75) is 18.9 Å². The SMILES string of the molecule is CCN1CCN(C(=O)C2c3ccccc3C(=O)N(C)C2c2cccs2)CC1. The zero-order valence-electron chi connectivity index (χ0n) is 15.8. The minimum absolute atomic E-state index is 0.0103. The average Bonchev–Trinajstić information content (AvgIpc) is 3.24. The number of carbonyl (C=O) groups is 2. The monoisotopic (exact) mass is 383 g/mol. The van der Waals surface area contributed by atoms with Crippen molar-refractivity contribution in [3.63, 3.8) is 0 Å². The molecule has 142 valence electrons. The number of likely N-dealkylation sites (N-methyl/N-ethyl adjacent to an activating group) is 2. The Morgan fingerprint density at radius 2 is 1.85 bits per heavy atom. The van der Waals surface area contributed by atoms with E-state index in [1.165, 1.54) is 0 Å². The van der Waals surface area contributed by atoms with Gasteiger partial charge in [-0.3, -0.25) is 9.59 Å². The van der Waals surface area contributed by atoms with E-state index < -0.39 is 0 Å². The van der Waals surface area contributed by atoms with Crippen LogP contribution in [-0.2, 0) is 4.79 Å². The molecule has 1 aromatic carbocycles. The van der Waals surface area contributed by atoms with E-state index in [0.717, 1.165) is 43.2 Å². The van der Waals surface area contributed by atoms with E-state index in [-0.39, 0.29) is 23.8 Å². The Labute approximate surface area is 164 Å². The van der Waals surface area contributed by atoms with Gasteiger partial charge in [-0.1, -0.05) is 31.2 Å². The van der Waals surface area contributed by atoms with Crippen molar-refractivity contribution in [1.82, 2.24) is 14.7 Å². The standard InChI is InChI=1S/C21H25N3O2S/c1-3-23-10-12-24(13-11-23)21(26)18-15-7-4-5-8-16(15)20(25)22(2)19(18)17-9-6-14-27-17/h4-9,14,18-19H,3,10-13H2,1-2H3. The molecule has 1 fully saturated rings. The molecule has 2 aliphatic rings. The minimum atomic E-state index is -0.351. The summed E-state index contributed by atoms with van der Waals surface area (Å²) in [5.41, 5.74) is 1.51. The van der Waals surface area contributed by atoms with Crippen LogP contribution in [0.4, 0.5) is 0 Å². The van der Waals surface area contributed by atoms with Crippen molar-refractivity contribution in [2.24, 2.45) is 0 Å². The lowest BCUT2D eigenvalue weighted by Gasteiger charge is -2.42. The average molecular weight is 384 g/mol. The Morgan fingerprint density at radius 1 is 1.11 bits per heavy atom. The summed E-state index contributed by atoms with van der Waals surface area (Å²) in [6.45, 7) is 6.50. The smallest absolute Gasteiger partial charge is 0.254 e. The fourth-order valence-corrected chi connectivity index (χ4v) is 5.14. The number of carbonyl (C=O) groups excluding carboxylic acids is 2. The Bertz CT molecular complexity index is 828. The first-order chi connectivity index (χ1) is 13.1. The molecule has 2 unspecified atom stereocenters. The quantitative estimate of drug-likeness (QED) is 0.819. The number of benzene rings is 1. The molecule has 0 bridgehead atoms. The van der Waals surface area contributed by atoms with E-state index in [4.69, 9.17) is 0 Å². The number of fused-ring (bicyclic) bond motifs is 1. The van der Waals surface area contributed by atoms with Crippen LogP contribution in [0.15, 0.2) is 41.8 Å². The van der Waals surface area contributed by atoms with Crippen LogP contribution in [0.1, 0.15) is 39.7 Å². The number of amides is 2. The van der Waals surface area contributed by atoms with E-state index in [9.17, 15) is 9.59 Å². The van der Waals surface area contributed by atoms with E-state index >= 15 is 0 Å². The van der Waals surface area contributed by atoms with Gasteiger partial charge in [-0.2, -0.15) is 0 Å². The van der Waals surface area contributed by atoms with Crippen molar-refractivity contribution >= 4 is 23.2 Å². The molecule has 4 rings (SSSR count). The van der Waals surface area contributed by atoms with Gasteiger partial charge in [-0.05, 0) is 29.6 Å². The molecule has 5 nitrogen and oxygen atoms in total. The summed E-state index contributed by atoms with van der Waals surface area (Å²) in [4.78, 5) is 33.8. The number of rotatable bonds is 3. The topological polar surface area (TPSA) is 43.9 Å². The van der Waals surface area contributed by atoms with E-state index in [2.05, 4.69) is 11.8 Å². The molecule has 0 spiro atoms. The highest BCUT2D eigenvalue weighted by molar-refractivity contribution is 7.10. The van der Waals surface area contributed by atoms with Gasteiger partial charge in [0.25, 0.3) is 5.91 Å². The van der Waals surface area contributed by atoms with Gasteiger partial charge in [0, 0.05) is 43.7 Å². The highest BCUT2D eigenvalue weighted by Gasteiger charge is 2.44. The zero-order valence-corrected chi connectivity index (χ0v) is 16.6. The summed E-state index contributed by atoms with van der Waals surface area (Å²) in [5.74, 6) is -0.226. The Morgan fingerprint density at radius 3 is 2.52 bits per heavy atom. The highest BCUT2D eigenvalue weighted by Crippen LogP contribution is 2.44. The van der Waals surface area contributed by atoms with Crippen LogP contribution in [0.5, 0.6) is 0 Å². The number of hydrogen-bond acceptors (Lipinski definition) is 4. The van der Waals surface area contributed by atoms with Gasteiger partial charge in [0.05, 0.1) is 12.0 Å². The van der Waals surface area contributed by atoms with Gasteiger partial charge in [0.15, 0.2) is 0 Å². The third-order valence-electron chi connectivity index (χ3n) is 5.81. The maximum Gasteiger partial charge on any atom is 0.254 e. The second-order valence-corrected chi connectivity index (χ2v) is 8.18. The van der Waals surface area contributed by atoms with Crippen LogP contribution in [0.2, 0.25) is 0 Å².